The average Bonchev–Trinajstić information content (AvgIpc) is 3.37. The Morgan fingerprint density at radius 3 is 2.44 bits per heavy atom. The Morgan fingerprint density at radius 2 is 1.81 bits per heavy atom. The lowest BCUT2D eigenvalue weighted by atomic mass is 9.67. The molecule has 2 aromatic carbocycles. The van der Waals surface area contributed by atoms with Crippen LogP contribution in [0, 0.1) is 34.8 Å². The number of fused-ring (bicyclic) bond motifs is 3. The van der Waals surface area contributed by atoms with Crippen molar-refractivity contribution in [1.29, 1.82) is 5.26 Å². The molecule has 2 aliphatic heterocycles. The highest BCUT2D eigenvalue weighted by atomic mass is 35.5. The summed E-state index contributed by atoms with van der Waals surface area (Å²) in [5, 5.41) is 9.18. The maximum absolute atomic E-state index is 14.7. The molecule has 7 rings (SSSR count). The van der Waals surface area contributed by atoms with Gasteiger partial charge in [0.15, 0.2) is 11.6 Å². The fourth-order valence-electron chi connectivity index (χ4n) is 5.33. The standard InChI is InChI=1S/C26H22F2N6O.ClH/c1-35-21-5-4-14(9-20(21)28)22-24(15-2-3-16(11-29)19(27)10-15)32-26(34-7-6-31-25(22)34)33-12-17-8-18(13-33)23(17)30;/h2-7,9-10,17-18,23H,8,12-13,30H2,1H3;1H. The first-order valence-electron chi connectivity index (χ1n) is 11.4. The molecular formula is C26H23ClF2N6O. The normalized spacial score (nSPS) is 20.4. The number of methoxy groups -OCH3 is 1. The summed E-state index contributed by atoms with van der Waals surface area (Å²) in [7, 11) is 1.40. The number of ether oxygens (including phenoxy) is 1. The van der Waals surface area contributed by atoms with Crippen molar-refractivity contribution < 1.29 is 13.5 Å². The molecule has 3 fully saturated rings. The predicted octanol–water partition coefficient (Wildman–Crippen LogP) is 4.43. The molecule has 0 spiro atoms. The van der Waals surface area contributed by atoms with Crippen molar-refractivity contribution in [1.82, 2.24) is 14.4 Å². The van der Waals surface area contributed by atoms with Crippen molar-refractivity contribution in [2.45, 2.75) is 12.5 Å². The minimum Gasteiger partial charge on any atom is -0.494 e. The molecular weight excluding hydrogens is 486 g/mol. The largest absolute Gasteiger partial charge is 0.494 e. The first-order valence-corrected chi connectivity index (χ1v) is 11.4. The highest BCUT2D eigenvalue weighted by molar-refractivity contribution is 5.91. The molecule has 2 unspecified atom stereocenters. The molecule has 7 nitrogen and oxygen atoms in total. The maximum Gasteiger partial charge on any atom is 0.211 e. The van der Waals surface area contributed by atoms with Crippen LogP contribution in [0.15, 0.2) is 48.8 Å². The highest BCUT2D eigenvalue weighted by Crippen LogP contribution is 2.42. The summed E-state index contributed by atoms with van der Waals surface area (Å²) in [6.07, 6.45) is 4.61. The van der Waals surface area contributed by atoms with Gasteiger partial charge in [-0.15, -0.1) is 12.4 Å². The van der Waals surface area contributed by atoms with Gasteiger partial charge >= 0.3 is 0 Å². The number of nitrogens with two attached hydrogens (primary N) is 1. The smallest absolute Gasteiger partial charge is 0.211 e. The second-order valence-corrected chi connectivity index (χ2v) is 9.15. The van der Waals surface area contributed by atoms with Crippen LogP contribution in [0.3, 0.4) is 0 Å². The van der Waals surface area contributed by atoms with E-state index in [0.29, 0.717) is 45.8 Å². The molecule has 1 saturated carbocycles. The molecule has 10 heteroatoms. The summed E-state index contributed by atoms with van der Waals surface area (Å²) in [5.74, 6) is 0.430. The fraction of sp³-hybridized carbons (Fsp3) is 0.269. The molecule has 3 aliphatic rings. The zero-order chi connectivity index (χ0) is 24.3. The van der Waals surface area contributed by atoms with Crippen LogP contribution in [-0.4, -0.2) is 40.6 Å². The number of aromatic nitrogens is 3. The van der Waals surface area contributed by atoms with E-state index in [1.54, 1.807) is 24.4 Å². The van der Waals surface area contributed by atoms with E-state index in [0.717, 1.165) is 19.5 Å². The highest BCUT2D eigenvalue weighted by Gasteiger charge is 2.45. The van der Waals surface area contributed by atoms with Crippen LogP contribution < -0.4 is 15.4 Å². The van der Waals surface area contributed by atoms with Crippen molar-refractivity contribution in [3.8, 4) is 34.2 Å². The van der Waals surface area contributed by atoms with Crippen LogP contribution >= 0.6 is 12.4 Å². The van der Waals surface area contributed by atoms with Crippen LogP contribution in [0.5, 0.6) is 5.75 Å². The lowest BCUT2D eigenvalue weighted by Gasteiger charge is -2.52. The Balaban J connectivity index is 0.00000267. The van der Waals surface area contributed by atoms with Gasteiger partial charge < -0.3 is 15.4 Å². The SMILES string of the molecule is COc1ccc(-c2c(-c3ccc(C#N)c(F)c3)nc(N3CC4CC(C3)C4N)n3ccnc23)cc1F.Cl. The van der Waals surface area contributed by atoms with E-state index < -0.39 is 11.6 Å². The zero-order valence-electron chi connectivity index (χ0n) is 19.4. The van der Waals surface area contributed by atoms with Crippen molar-refractivity contribution in [2.75, 3.05) is 25.1 Å². The number of hydrogen-bond donors (Lipinski definition) is 1. The van der Waals surface area contributed by atoms with Crippen LogP contribution in [0.2, 0.25) is 0 Å². The molecule has 2 aromatic heterocycles. The van der Waals surface area contributed by atoms with E-state index in [4.69, 9.17) is 15.5 Å². The molecule has 2 N–H and O–H groups in total. The Hall–Kier alpha value is -3.74. The number of piperidine rings is 2. The van der Waals surface area contributed by atoms with Crippen molar-refractivity contribution >= 4 is 24.0 Å². The van der Waals surface area contributed by atoms with Gasteiger partial charge in [-0.25, -0.2) is 18.7 Å². The lowest BCUT2D eigenvalue weighted by Crippen LogP contribution is -2.62. The van der Waals surface area contributed by atoms with Gasteiger partial charge in [0.1, 0.15) is 17.5 Å². The Kier molecular flexibility index (Phi) is 6.02. The zero-order valence-corrected chi connectivity index (χ0v) is 20.2. The molecule has 2 saturated heterocycles. The number of halogens is 3. The lowest BCUT2D eigenvalue weighted by molar-refractivity contribution is 0.114. The summed E-state index contributed by atoms with van der Waals surface area (Å²) in [4.78, 5) is 11.8. The molecule has 2 atom stereocenters. The van der Waals surface area contributed by atoms with Gasteiger partial charge in [-0.1, -0.05) is 12.1 Å². The van der Waals surface area contributed by atoms with Gasteiger partial charge in [0.05, 0.1) is 23.9 Å². The average molecular weight is 509 g/mol. The van der Waals surface area contributed by atoms with Crippen molar-refractivity contribution in [3.05, 3.63) is 66.0 Å². The Morgan fingerprint density at radius 1 is 1.08 bits per heavy atom. The summed E-state index contributed by atoms with van der Waals surface area (Å²) >= 11 is 0. The van der Waals surface area contributed by atoms with Gasteiger partial charge in [-0.2, -0.15) is 5.26 Å². The van der Waals surface area contributed by atoms with Crippen LogP contribution in [0.25, 0.3) is 28.0 Å². The number of rotatable bonds is 4. The summed E-state index contributed by atoms with van der Waals surface area (Å²) < 4.78 is 36.4. The third kappa shape index (κ3) is 3.65. The van der Waals surface area contributed by atoms with Gasteiger partial charge in [0.25, 0.3) is 0 Å². The monoisotopic (exact) mass is 508 g/mol. The maximum atomic E-state index is 14.7. The third-order valence-electron chi connectivity index (χ3n) is 7.22. The van der Waals surface area contributed by atoms with Crippen molar-refractivity contribution in [3.63, 3.8) is 0 Å². The second kappa shape index (κ2) is 9.04. The Bertz CT molecular complexity index is 1500. The first kappa shape index (κ1) is 24.0. The molecule has 0 amide bonds. The van der Waals surface area contributed by atoms with E-state index in [1.165, 1.54) is 25.3 Å². The number of benzene rings is 2. The quantitative estimate of drug-likeness (QED) is 0.438. The van der Waals surface area contributed by atoms with E-state index in [2.05, 4.69) is 9.88 Å². The van der Waals surface area contributed by atoms with E-state index in [9.17, 15) is 14.0 Å². The van der Waals surface area contributed by atoms with Crippen molar-refractivity contribution in [2.24, 2.45) is 17.6 Å². The van der Waals surface area contributed by atoms with Crippen LogP contribution in [-0.2, 0) is 0 Å². The predicted molar refractivity (Wildman–Crippen MR) is 134 cm³/mol. The summed E-state index contributed by atoms with van der Waals surface area (Å²) in [6.45, 7) is 1.55. The second-order valence-electron chi connectivity index (χ2n) is 9.15. The Labute approximate surface area is 212 Å². The molecule has 1 aliphatic carbocycles. The minimum atomic E-state index is -0.645. The number of anilines is 1. The van der Waals surface area contributed by atoms with Gasteiger partial charge in [0, 0.05) is 37.1 Å². The fourth-order valence-corrected chi connectivity index (χ4v) is 5.33. The van der Waals surface area contributed by atoms with E-state index in [1.807, 2.05) is 16.7 Å². The number of hydrogen-bond acceptors (Lipinski definition) is 6. The number of nitrogens with zero attached hydrogens (tertiary/aromatic N) is 5. The molecule has 4 heterocycles. The molecule has 184 valence electrons. The van der Waals surface area contributed by atoms with Gasteiger partial charge in [0.2, 0.25) is 5.95 Å². The van der Waals surface area contributed by atoms with Crippen LogP contribution in [0.4, 0.5) is 14.7 Å². The van der Waals surface area contributed by atoms with E-state index >= 15 is 0 Å². The molecule has 2 bridgehead atoms. The minimum absolute atomic E-state index is 0. The first-order chi connectivity index (χ1) is 17.0. The molecule has 0 radical (unpaired) electrons. The van der Waals surface area contributed by atoms with Crippen LogP contribution in [0.1, 0.15) is 12.0 Å². The number of nitriles is 1. The number of imidazole rings is 1. The molecule has 4 aromatic rings. The van der Waals surface area contributed by atoms with Gasteiger partial charge in [-0.3, -0.25) is 4.40 Å². The summed E-state index contributed by atoms with van der Waals surface area (Å²) in [6, 6.07) is 11.1. The van der Waals surface area contributed by atoms with E-state index in [-0.39, 0.29) is 29.8 Å². The topological polar surface area (TPSA) is 92.5 Å². The third-order valence-corrected chi connectivity index (χ3v) is 7.22. The van der Waals surface area contributed by atoms with Gasteiger partial charge in [-0.05, 0) is 48.1 Å². The summed E-state index contributed by atoms with van der Waals surface area (Å²) in [5.41, 5.74) is 8.81. The molecule has 36 heavy (non-hydrogen) atoms.